The zero-order valence-electron chi connectivity index (χ0n) is 18.0. The van der Waals surface area contributed by atoms with Gasteiger partial charge >= 0.3 is 0 Å². The number of nitrogens with two attached hydrogens (primary N) is 1. The molecule has 0 saturated carbocycles. The first-order valence-electron chi connectivity index (χ1n) is 9.80. The number of benzene rings is 3. The fourth-order valence-corrected chi connectivity index (χ4v) is 3.74. The average Bonchev–Trinajstić information content (AvgIpc) is 2.83. The second-order valence-electron chi connectivity index (χ2n) is 6.62. The number of nitrogens with zero attached hydrogens (tertiary/aromatic N) is 1. The third kappa shape index (κ3) is 7.30. The second kappa shape index (κ2) is 12.0. The summed E-state index contributed by atoms with van der Waals surface area (Å²) in [6, 6.07) is 20.4. The van der Waals surface area contributed by atoms with E-state index in [9.17, 15) is 4.79 Å². The van der Waals surface area contributed by atoms with Crippen molar-refractivity contribution in [2.75, 3.05) is 24.3 Å². The number of ether oxygens (including phenoxy) is 2. The molecule has 0 bridgehead atoms. The Labute approximate surface area is 205 Å². The summed E-state index contributed by atoms with van der Waals surface area (Å²) < 4.78 is 14.8. The molecular weight excluding hydrogens is 504 g/mol. The molecular formula is C24H23BrN4O3S. The van der Waals surface area contributed by atoms with Gasteiger partial charge in [-0.3, -0.25) is 4.79 Å². The first kappa shape index (κ1) is 24.2. The van der Waals surface area contributed by atoms with Crippen LogP contribution in [0.25, 0.3) is 0 Å². The lowest BCUT2D eigenvalue weighted by molar-refractivity contribution is -0.111. The molecule has 170 valence electrons. The van der Waals surface area contributed by atoms with E-state index in [1.165, 1.54) is 24.2 Å². The van der Waals surface area contributed by atoms with Crippen LogP contribution in [0.15, 0.2) is 93.4 Å². The van der Waals surface area contributed by atoms with Gasteiger partial charge < -0.3 is 25.2 Å². The van der Waals surface area contributed by atoms with Crippen molar-refractivity contribution in [3.63, 3.8) is 0 Å². The molecule has 33 heavy (non-hydrogen) atoms. The van der Waals surface area contributed by atoms with Gasteiger partial charge in [-0.05, 0) is 78.7 Å². The second-order valence-corrected chi connectivity index (χ2v) is 8.39. The largest absolute Gasteiger partial charge is 0.497 e. The normalized spacial score (nSPS) is 11.3. The zero-order chi connectivity index (χ0) is 23.6. The summed E-state index contributed by atoms with van der Waals surface area (Å²) in [6.07, 6.45) is 2.68. The number of nitrogens with one attached hydrogen (secondary N) is 2. The van der Waals surface area contributed by atoms with Crippen LogP contribution in [0.3, 0.4) is 0 Å². The van der Waals surface area contributed by atoms with E-state index in [1.54, 1.807) is 50.6 Å². The van der Waals surface area contributed by atoms with Gasteiger partial charge in [0.1, 0.15) is 17.3 Å². The molecule has 0 fully saturated rings. The maximum absolute atomic E-state index is 12.3. The van der Waals surface area contributed by atoms with E-state index >= 15 is 0 Å². The van der Waals surface area contributed by atoms with Crippen molar-refractivity contribution in [2.45, 2.75) is 4.90 Å². The summed E-state index contributed by atoms with van der Waals surface area (Å²) in [5, 5.41) is 2.81. The van der Waals surface area contributed by atoms with Crippen LogP contribution in [0.2, 0.25) is 0 Å². The van der Waals surface area contributed by atoms with Gasteiger partial charge in [-0.1, -0.05) is 15.9 Å². The van der Waals surface area contributed by atoms with Crippen LogP contribution in [0, 0.1) is 0 Å². The molecule has 0 atom stereocenters. The molecule has 0 aliphatic rings. The number of rotatable bonds is 9. The third-order valence-electron chi connectivity index (χ3n) is 4.38. The fraction of sp³-hybridized carbons (Fsp3) is 0.0833. The van der Waals surface area contributed by atoms with Gasteiger partial charge in [0.25, 0.3) is 0 Å². The first-order chi connectivity index (χ1) is 16.0. The predicted octanol–water partition coefficient (Wildman–Crippen LogP) is 5.44. The van der Waals surface area contributed by atoms with Crippen LogP contribution < -0.4 is 25.2 Å². The van der Waals surface area contributed by atoms with Gasteiger partial charge in [0, 0.05) is 33.7 Å². The number of methoxy groups -OCH3 is 2. The van der Waals surface area contributed by atoms with Crippen LogP contribution in [-0.2, 0) is 4.79 Å². The molecule has 3 aromatic carbocycles. The molecule has 0 aliphatic carbocycles. The van der Waals surface area contributed by atoms with Crippen LogP contribution in [0.4, 0.5) is 11.4 Å². The van der Waals surface area contributed by atoms with Gasteiger partial charge in [-0.15, -0.1) is 0 Å². The Morgan fingerprint density at radius 3 is 2.36 bits per heavy atom. The number of halogens is 1. The monoisotopic (exact) mass is 526 g/mol. The molecule has 3 rings (SSSR count). The van der Waals surface area contributed by atoms with Crippen molar-refractivity contribution in [1.82, 2.24) is 0 Å². The molecule has 0 saturated heterocycles. The lowest BCUT2D eigenvalue weighted by Gasteiger charge is -2.12. The first-order valence-corrected chi connectivity index (χ1v) is 11.4. The summed E-state index contributed by atoms with van der Waals surface area (Å²) in [6.45, 7) is 0. The topological polar surface area (TPSA) is 98.0 Å². The molecule has 3 aromatic rings. The van der Waals surface area contributed by atoms with Gasteiger partial charge in [-0.25, -0.2) is 4.99 Å². The van der Waals surface area contributed by atoms with Crippen LogP contribution in [0.5, 0.6) is 11.5 Å². The molecule has 0 radical (unpaired) electrons. The summed E-state index contributed by atoms with van der Waals surface area (Å²) in [4.78, 5) is 17.3. The number of carbonyl (C=O) groups is 1. The minimum absolute atomic E-state index is 0.295. The highest BCUT2D eigenvalue weighted by molar-refractivity contribution is 9.10. The standard InChI is InChI=1S/C24H23BrN4O3S/c1-31-20-10-3-16(4-11-20)24(26)27-14-13-23(30)28-19-9-12-21(32-2)22(15-19)33-29-18-7-5-17(25)6-8-18/h3-15,29H,1-2H3,(H2,26,27)(H,28,30)/b14-13+. The SMILES string of the molecule is COc1ccc(C(N)=N/C=C/C(=O)Nc2ccc(OC)c(SNc3ccc(Br)cc3)c2)cc1. The highest BCUT2D eigenvalue weighted by Gasteiger charge is 2.08. The number of amides is 1. The molecule has 0 heterocycles. The van der Waals surface area contributed by atoms with Crippen molar-refractivity contribution in [2.24, 2.45) is 10.7 Å². The fourth-order valence-electron chi connectivity index (χ4n) is 2.67. The van der Waals surface area contributed by atoms with Crippen molar-refractivity contribution in [3.8, 4) is 11.5 Å². The summed E-state index contributed by atoms with van der Waals surface area (Å²) in [5.74, 6) is 1.38. The molecule has 0 unspecified atom stereocenters. The number of anilines is 2. The Bertz CT molecular complexity index is 1150. The Balaban J connectivity index is 1.62. The van der Waals surface area contributed by atoms with Crippen molar-refractivity contribution >= 4 is 51.0 Å². The Kier molecular flexibility index (Phi) is 8.79. The Morgan fingerprint density at radius 2 is 1.70 bits per heavy atom. The lowest BCUT2D eigenvalue weighted by atomic mass is 10.2. The summed E-state index contributed by atoms with van der Waals surface area (Å²) >= 11 is 4.81. The van der Waals surface area contributed by atoms with Gasteiger partial charge in [0.05, 0.1) is 19.1 Å². The van der Waals surface area contributed by atoms with Crippen molar-refractivity contribution < 1.29 is 14.3 Å². The number of hydrogen-bond donors (Lipinski definition) is 3. The molecule has 9 heteroatoms. The smallest absolute Gasteiger partial charge is 0.249 e. The minimum atomic E-state index is -0.330. The van der Waals surface area contributed by atoms with E-state index in [1.807, 2.05) is 30.3 Å². The Morgan fingerprint density at radius 1 is 1.00 bits per heavy atom. The van der Waals surface area contributed by atoms with Gasteiger partial charge in [0.15, 0.2) is 0 Å². The molecule has 4 N–H and O–H groups in total. The van der Waals surface area contributed by atoms with E-state index in [2.05, 4.69) is 31.0 Å². The third-order valence-corrected chi connectivity index (χ3v) is 5.78. The van der Waals surface area contributed by atoms with Crippen LogP contribution in [0.1, 0.15) is 5.56 Å². The molecule has 0 aromatic heterocycles. The predicted molar refractivity (Wildman–Crippen MR) is 138 cm³/mol. The summed E-state index contributed by atoms with van der Waals surface area (Å²) in [7, 11) is 3.20. The number of carbonyl (C=O) groups excluding carboxylic acids is 1. The summed E-state index contributed by atoms with van der Waals surface area (Å²) in [5.41, 5.74) is 8.26. The molecule has 7 nitrogen and oxygen atoms in total. The molecule has 1 amide bonds. The van der Waals surface area contributed by atoms with Gasteiger partial charge in [0.2, 0.25) is 5.91 Å². The number of hydrogen-bond acceptors (Lipinski definition) is 6. The quantitative estimate of drug-likeness (QED) is 0.148. The maximum atomic E-state index is 12.3. The zero-order valence-corrected chi connectivity index (χ0v) is 20.4. The Hall–Kier alpha value is -3.43. The lowest BCUT2D eigenvalue weighted by Crippen LogP contribution is -2.12. The van der Waals surface area contributed by atoms with Gasteiger partial charge in [-0.2, -0.15) is 0 Å². The highest BCUT2D eigenvalue weighted by atomic mass is 79.9. The van der Waals surface area contributed by atoms with E-state index in [0.717, 1.165) is 26.4 Å². The average molecular weight is 527 g/mol. The van der Waals surface area contributed by atoms with Crippen LogP contribution in [-0.4, -0.2) is 26.0 Å². The number of amidine groups is 1. The highest BCUT2D eigenvalue weighted by Crippen LogP contribution is 2.32. The molecule has 0 spiro atoms. The molecule has 0 aliphatic heterocycles. The van der Waals surface area contributed by atoms with E-state index in [4.69, 9.17) is 15.2 Å². The maximum Gasteiger partial charge on any atom is 0.249 e. The van der Waals surface area contributed by atoms with Crippen molar-refractivity contribution in [1.29, 1.82) is 0 Å². The van der Waals surface area contributed by atoms with E-state index < -0.39 is 0 Å². The van der Waals surface area contributed by atoms with Crippen molar-refractivity contribution in [3.05, 3.63) is 89.0 Å². The minimum Gasteiger partial charge on any atom is -0.497 e. The van der Waals surface area contributed by atoms with Crippen LogP contribution >= 0.6 is 27.9 Å². The number of aliphatic imine (C=N–C) groups is 1. The van der Waals surface area contributed by atoms with E-state index in [-0.39, 0.29) is 5.91 Å². The van der Waals surface area contributed by atoms with E-state index in [0.29, 0.717) is 17.3 Å².